The van der Waals surface area contributed by atoms with E-state index in [1.165, 1.54) is 18.1 Å². The van der Waals surface area contributed by atoms with E-state index in [0.717, 1.165) is 12.1 Å². The largest absolute Gasteiger partial charge is 0.496 e. The van der Waals surface area contributed by atoms with Crippen LogP contribution in [-0.4, -0.2) is 44.4 Å². The number of alkyl halides is 3. The van der Waals surface area contributed by atoms with Crippen LogP contribution < -0.4 is 10.1 Å². The van der Waals surface area contributed by atoms with Gasteiger partial charge in [-0.1, -0.05) is 0 Å². The second-order valence-corrected chi connectivity index (χ2v) is 4.62. The first-order valence-corrected chi connectivity index (χ1v) is 6.28. The van der Waals surface area contributed by atoms with Crippen LogP contribution in [0.4, 0.5) is 17.6 Å². The molecular formula is C13H18Cl2F4N2O. The van der Waals surface area contributed by atoms with Crippen molar-refractivity contribution in [3.8, 4) is 5.75 Å². The Hall–Kier alpha value is -0.760. The Morgan fingerprint density at radius 2 is 1.77 bits per heavy atom. The molecule has 1 fully saturated rings. The maximum atomic E-state index is 13.4. The first-order valence-electron chi connectivity index (χ1n) is 6.28. The van der Waals surface area contributed by atoms with Crippen molar-refractivity contribution in [1.82, 2.24) is 10.2 Å². The predicted octanol–water partition coefficient (Wildman–Crippen LogP) is 3.19. The molecule has 0 radical (unpaired) electrons. The summed E-state index contributed by atoms with van der Waals surface area (Å²) in [5.41, 5.74) is -0.179. The van der Waals surface area contributed by atoms with Crippen LogP contribution in [0.5, 0.6) is 5.75 Å². The topological polar surface area (TPSA) is 24.5 Å². The molecule has 2 rings (SSSR count). The van der Waals surface area contributed by atoms with Crippen LogP contribution in [-0.2, 0) is 0 Å². The van der Waals surface area contributed by atoms with Gasteiger partial charge in [0.15, 0.2) is 0 Å². The quantitative estimate of drug-likeness (QED) is 0.833. The molecule has 1 aromatic carbocycles. The minimum absolute atomic E-state index is 0. The highest BCUT2D eigenvalue weighted by molar-refractivity contribution is 5.85. The number of ether oxygens (including phenoxy) is 1. The summed E-state index contributed by atoms with van der Waals surface area (Å²) in [6.45, 7) is 1.46. The third-order valence-electron chi connectivity index (χ3n) is 3.31. The molecule has 9 heteroatoms. The fourth-order valence-corrected chi connectivity index (χ4v) is 2.44. The van der Waals surface area contributed by atoms with Gasteiger partial charge in [-0.3, -0.25) is 4.90 Å². The van der Waals surface area contributed by atoms with Gasteiger partial charge in [0.2, 0.25) is 0 Å². The molecule has 0 bridgehead atoms. The highest BCUT2D eigenvalue weighted by Crippen LogP contribution is 2.41. The normalized spacial score (nSPS) is 17.1. The lowest BCUT2D eigenvalue weighted by Gasteiger charge is -2.36. The summed E-state index contributed by atoms with van der Waals surface area (Å²) >= 11 is 0. The van der Waals surface area contributed by atoms with Gasteiger partial charge in [0, 0.05) is 31.7 Å². The number of benzene rings is 1. The third-order valence-corrected chi connectivity index (χ3v) is 3.31. The smallest absolute Gasteiger partial charge is 0.408 e. The molecule has 1 atom stereocenters. The van der Waals surface area contributed by atoms with Crippen molar-refractivity contribution in [2.24, 2.45) is 0 Å². The van der Waals surface area contributed by atoms with Gasteiger partial charge in [-0.25, -0.2) is 4.39 Å². The van der Waals surface area contributed by atoms with Crippen molar-refractivity contribution < 1.29 is 22.3 Å². The standard InChI is InChI=1S/C13H16F4N2O.2ClH/c1-20-11-3-2-9(14)8-10(11)12(13(15,16)17)19-6-4-18-5-7-19;;/h2-3,8,12,18H,4-7H2,1H3;2*1H/t12-;;/m1../s1. The number of piperazine rings is 1. The zero-order valence-corrected chi connectivity index (χ0v) is 13.5. The van der Waals surface area contributed by atoms with Crippen LogP contribution in [0.3, 0.4) is 0 Å². The number of hydrogen-bond acceptors (Lipinski definition) is 3. The van der Waals surface area contributed by atoms with E-state index in [1.54, 1.807) is 0 Å². The van der Waals surface area contributed by atoms with Crippen molar-refractivity contribution in [2.45, 2.75) is 12.2 Å². The van der Waals surface area contributed by atoms with Crippen LogP contribution >= 0.6 is 24.8 Å². The monoisotopic (exact) mass is 364 g/mol. The molecule has 0 unspecified atom stereocenters. The van der Waals surface area contributed by atoms with E-state index in [-0.39, 0.29) is 49.2 Å². The lowest BCUT2D eigenvalue weighted by atomic mass is 10.0. The molecule has 1 heterocycles. The minimum Gasteiger partial charge on any atom is -0.496 e. The molecule has 22 heavy (non-hydrogen) atoms. The van der Waals surface area contributed by atoms with Gasteiger partial charge in [0.25, 0.3) is 0 Å². The molecule has 3 nitrogen and oxygen atoms in total. The molecule has 0 aliphatic carbocycles. The highest BCUT2D eigenvalue weighted by atomic mass is 35.5. The van der Waals surface area contributed by atoms with E-state index in [2.05, 4.69) is 5.32 Å². The number of methoxy groups -OCH3 is 1. The zero-order chi connectivity index (χ0) is 14.8. The van der Waals surface area contributed by atoms with E-state index in [4.69, 9.17) is 4.74 Å². The Morgan fingerprint density at radius 3 is 2.27 bits per heavy atom. The van der Waals surface area contributed by atoms with Crippen molar-refractivity contribution >= 4 is 24.8 Å². The van der Waals surface area contributed by atoms with Gasteiger partial charge in [-0.2, -0.15) is 13.2 Å². The van der Waals surface area contributed by atoms with Crippen molar-refractivity contribution in [3.05, 3.63) is 29.6 Å². The summed E-state index contributed by atoms with van der Waals surface area (Å²) in [6, 6.07) is 1.37. The average Bonchev–Trinajstić information content (AvgIpc) is 2.39. The van der Waals surface area contributed by atoms with E-state index in [9.17, 15) is 17.6 Å². The number of halogens is 6. The predicted molar refractivity (Wildman–Crippen MR) is 80.7 cm³/mol. The first kappa shape index (κ1) is 21.2. The molecule has 1 N–H and O–H groups in total. The summed E-state index contributed by atoms with van der Waals surface area (Å²) in [7, 11) is 1.28. The molecular weight excluding hydrogens is 347 g/mol. The van der Waals surface area contributed by atoms with Crippen LogP contribution in [0.15, 0.2) is 18.2 Å². The van der Waals surface area contributed by atoms with Gasteiger partial charge in [-0.05, 0) is 18.2 Å². The fraction of sp³-hybridized carbons (Fsp3) is 0.538. The number of nitrogens with zero attached hydrogens (tertiary/aromatic N) is 1. The molecule has 0 saturated carbocycles. The maximum Gasteiger partial charge on any atom is 0.408 e. The molecule has 1 aliphatic heterocycles. The van der Waals surface area contributed by atoms with Gasteiger partial charge in [0.1, 0.15) is 17.6 Å². The molecule has 1 saturated heterocycles. The van der Waals surface area contributed by atoms with Crippen molar-refractivity contribution in [2.75, 3.05) is 33.3 Å². The Morgan fingerprint density at radius 1 is 1.18 bits per heavy atom. The van der Waals surface area contributed by atoms with Crippen LogP contribution in [0.2, 0.25) is 0 Å². The molecule has 1 aliphatic rings. The molecule has 0 spiro atoms. The van der Waals surface area contributed by atoms with Gasteiger partial charge in [0.05, 0.1) is 7.11 Å². The Kier molecular flexibility index (Phi) is 8.46. The Balaban J connectivity index is 0.00000220. The first-order chi connectivity index (χ1) is 9.43. The molecule has 128 valence electrons. The van der Waals surface area contributed by atoms with Crippen molar-refractivity contribution in [3.63, 3.8) is 0 Å². The second-order valence-electron chi connectivity index (χ2n) is 4.62. The number of hydrogen-bond donors (Lipinski definition) is 1. The molecule has 0 aromatic heterocycles. The fourth-order valence-electron chi connectivity index (χ4n) is 2.44. The third kappa shape index (κ3) is 4.87. The zero-order valence-electron chi connectivity index (χ0n) is 11.8. The SMILES string of the molecule is COc1ccc(F)cc1[C@@H](N1CCNCC1)C(F)(F)F.Cl.Cl. The summed E-state index contributed by atoms with van der Waals surface area (Å²) in [5, 5.41) is 3.00. The number of rotatable bonds is 3. The Bertz CT molecular complexity index is 468. The molecule has 1 aromatic rings. The van der Waals surface area contributed by atoms with Crippen LogP contribution in [0.1, 0.15) is 11.6 Å². The van der Waals surface area contributed by atoms with Gasteiger partial charge in [-0.15, -0.1) is 24.8 Å². The maximum absolute atomic E-state index is 13.4. The number of nitrogens with one attached hydrogen (secondary N) is 1. The van der Waals surface area contributed by atoms with Crippen molar-refractivity contribution in [1.29, 1.82) is 0 Å². The summed E-state index contributed by atoms with van der Waals surface area (Å²) in [4.78, 5) is 1.30. The summed E-state index contributed by atoms with van der Waals surface area (Å²) in [6.07, 6.45) is -4.49. The Labute approximate surface area is 138 Å². The van der Waals surface area contributed by atoms with E-state index in [0.29, 0.717) is 13.1 Å². The highest BCUT2D eigenvalue weighted by Gasteiger charge is 2.46. The van der Waals surface area contributed by atoms with Crippen LogP contribution in [0, 0.1) is 5.82 Å². The average molecular weight is 365 g/mol. The van der Waals surface area contributed by atoms with E-state index in [1.807, 2.05) is 0 Å². The van der Waals surface area contributed by atoms with E-state index < -0.39 is 18.0 Å². The summed E-state index contributed by atoms with van der Waals surface area (Å²) in [5.74, 6) is -0.655. The lowest BCUT2D eigenvalue weighted by Crippen LogP contribution is -2.49. The van der Waals surface area contributed by atoms with Gasteiger partial charge >= 0.3 is 6.18 Å². The molecule has 0 amide bonds. The second kappa shape index (κ2) is 8.76. The van der Waals surface area contributed by atoms with Gasteiger partial charge < -0.3 is 10.1 Å². The van der Waals surface area contributed by atoms with Crippen LogP contribution in [0.25, 0.3) is 0 Å². The van der Waals surface area contributed by atoms with E-state index >= 15 is 0 Å². The minimum atomic E-state index is -4.49. The lowest BCUT2D eigenvalue weighted by molar-refractivity contribution is -0.188. The summed E-state index contributed by atoms with van der Waals surface area (Å²) < 4.78 is 58.5.